The highest BCUT2D eigenvalue weighted by atomic mass is 32.1. The highest BCUT2D eigenvalue weighted by Gasteiger charge is 2.16. The summed E-state index contributed by atoms with van der Waals surface area (Å²) in [6.07, 6.45) is 4.36. The van der Waals surface area contributed by atoms with Crippen LogP contribution in [0, 0.1) is 0 Å². The lowest BCUT2D eigenvalue weighted by Gasteiger charge is -2.13. The largest absolute Gasteiger partial charge is 0.349 e. The van der Waals surface area contributed by atoms with Crippen molar-refractivity contribution in [2.24, 2.45) is 5.73 Å². The van der Waals surface area contributed by atoms with E-state index >= 15 is 0 Å². The van der Waals surface area contributed by atoms with Crippen molar-refractivity contribution in [2.45, 2.75) is 12.5 Å². The van der Waals surface area contributed by atoms with Crippen LogP contribution in [-0.2, 0) is 6.42 Å². The topological polar surface area (TPSA) is 83.8 Å². The predicted octanol–water partition coefficient (Wildman–Crippen LogP) is 3.65. The molecule has 0 bridgehead atoms. The van der Waals surface area contributed by atoms with E-state index in [1.54, 1.807) is 6.20 Å². The van der Waals surface area contributed by atoms with Crippen LogP contribution in [0.25, 0.3) is 11.0 Å². The quantitative estimate of drug-likeness (QED) is 0.480. The van der Waals surface area contributed by atoms with Crippen molar-refractivity contribution in [3.8, 4) is 0 Å². The second-order valence-corrected chi connectivity index (χ2v) is 7.31. The zero-order valence-corrected chi connectivity index (χ0v) is 15.5. The molecule has 6 heteroatoms. The molecule has 136 valence electrons. The number of benzene rings is 1. The second-order valence-electron chi connectivity index (χ2n) is 6.39. The standard InChI is InChI=1S/C21H20N4OS/c22-18(14-4-2-1-3-5-14)13-25-21(26)19-16(8-11-27-19)12-15-6-9-23-20-17(15)7-10-24-20/h1-11,18H,12-13,22H2,(H,23,24)(H,25,26). The van der Waals surface area contributed by atoms with E-state index in [0.29, 0.717) is 13.0 Å². The van der Waals surface area contributed by atoms with Gasteiger partial charge in [-0.05, 0) is 46.7 Å². The van der Waals surface area contributed by atoms with Crippen LogP contribution in [0.2, 0.25) is 0 Å². The number of hydrogen-bond acceptors (Lipinski definition) is 4. The maximum Gasteiger partial charge on any atom is 0.261 e. The minimum absolute atomic E-state index is 0.0780. The summed E-state index contributed by atoms with van der Waals surface area (Å²) in [5.74, 6) is -0.0780. The number of nitrogens with two attached hydrogens (primary N) is 1. The Morgan fingerprint density at radius 2 is 2.00 bits per heavy atom. The Labute approximate surface area is 161 Å². The van der Waals surface area contributed by atoms with Crippen molar-refractivity contribution in [2.75, 3.05) is 6.54 Å². The number of rotatable bonds is 6. The monoisotopic (exact) mass is 376 g/mol. The van der Waals surface area contributed by atoms with Gasteiger partial charge in [0.15, 0.2) is 0 Å². The van der Waals surface area contributed by atoms with E-state index in [0.717, 1.165) is 32.6 Å². The van der Waals surface area contributed by atoms with Crippen LogP contribution >= 0.6 is 11.3 Å². The van der Waals surface area contributed by atoms with E-state index < -0.39 is 0 Å². The van der Waals surface area contributed by atoms with E-state index in [4.69, 9.17) is 5.73 Å². The Morgan fingerprint density at radius 3 is 2.85 bits per heavy atom. The van der Waals surface area contributed by atoms with Gasteiger partial charge in [-0.1, -0.05) is 30.3 Å². The molecule has 3 aromatic heterocycles. The number of carbonyl (C=O) groups is 1. The average molecular weight is 376 g/mol. The Balaban J connectivity index is 1.47. The summed E-state index contributed by atoms with van der Waals surface area (Å²) in [7, 11) is 0. The van der Waals surface area contributed by atoms with E-state index in [9.17, 15) is 4.79 Å². The van der Waals surface area contributed by atoms with Crippen LogP contribution in [0.5, 0.6) is 0 Å². The molecule has 5 nitrogen and oxygen atoms in total. The Bertz CT molecular complexity index is 1050. The van der Waals surface area contributed by atoms with Gasteiger partial charge >= 0.3 is 0 Å². The molecular formula is C21H20N4OS. The predicted molar refractivity (Wildman–Crippen MR) is 109 cm³/mol. The number of hydrogen-bond donors (Lipinski definition) is 3. The molecule has 0 fully saturated rings. The van der Waals surface area contributed by atoms with E-state index in [-0.39, 0.29) is 11.9 Å². The molecule has 1 amide bonds. The van der Waals surface area contributed by atoms with Crippen LogP contribution < -0.4 is 11.1 Å². The SMILES string of the molecule is NC(CNC(=O)c1sccc1Cc1ccnc2[nH]ccc12)c1ccccc1. The zero-order chi connectivity index (χ0) is 18.6. The maximum atomic E-state index is 12.7. The lowest BCUT2D eigenvalue weighted by Crippen LogP contribution is -2.31. The molecule has 0 saturated carbocycles. The van der Waals surface area contributed by atoms with Crippen molar-refractivity contribution in [3.05, 3.63) is 87.9 Å². The average Bonchev–Trinajstić information content (AvgIpc) is 3.36. The van der Waals surface area contributed by atoms with Crippen LogP contribution in [0.4, 0.5) is 0 Å². The molecule has 1 aromatic carbocycles. The van der Waals surface area contributed by atoms with Gasteiger partial charge in [0.25, 0.3) is 5.91 Å². The lowest BCUT2D eigenvalue weighted by atomic mass is 10.0. The minimum atomic E-state index is -0.224. The van der Waals surface area contributed by atoms with Crippen molar-refractivity contribution < 1.29 is 4.79 Å². The molecule has 0 saturated heterocycles. The number of nitrogens with one attached hydrogen (secondary N) is 2. The number of aromatic nitrogens is 2. The first-order chi connectivity index (χ1) is 13.2. The molecule has 3 heterocycles. The molecule has 0 aliphatic rings. The molecule has 1 atom stereocenters. The number of carbonyl (C=O) groups excluding carboxylic acids is 1. The molecule has 0 aliphatic heterocycles. The fourth-order valence-electron chi connectivity index (χ4n) is 3.15. The maximum absolute atomic E-state index is 12.7. The third-order valence-corrected chi connectivity index (χ3v) is 5.55. The highest BCUT2D eigenvalue weighted by molar-refractivity contribution is 7.12. The number of nitrogens with zero attached hydrogens (tertiary/aromatic N) is 1. The van der Waals surface area contributed by atoms with Crippen LogP contribution in [0.15, 0.2) is 66.3 Å². The smallest absolute Gasteiger partial charge is 0.261 e. The number of thiophene rings is 1. The van der Waals surface area contributed by atoms with Gasteiger partial charge in [-0.25, -0.2) is 4.98 Å². The fourth-order valence-corrected chi connectivity index (χ4v) is 3.99. The van der Waals surface area contributed by atoms with Gasteiger partial charge in [0.1, 0.15) is 5.65 Å². The molecule has 4 aromatic rings. The van der Waals surface area contributed by atoms with E-state index in [1.807, 2.05) is 60.1 Å². The molecule has 4 rings (SSSR count). The van der Waals surface area contributed by atoms with Crippen LogP contribution in [0.3, 0.4) is 0 Å². The number of H-pyrrole nitrogens is 1. The first kappa shape index (κ1) is 17.5. The highest BCUT2D eigenvalue weighted by Crippen LogP contribution is 2.24. The van der Waals surface area contributed by atoms with Gasteiger partial charge in [0.05, 0.1) is 4.88 Å². The summed E-state index contributed by atoms with van der Waals surface area (Å²) < 4.78 is 0. The van der Waals surface area contributed by atoms with E-state index in [1.165, 1.54) is 11.3 Å². The first-order valence-electron chi connectivity index (χ1n) is 8.78. The number of amides is 1. The summed E-state index contributed by atoms with van der Waals surface area (Å²) in [6, 6.07) is 15.6. The molecule has 0 aliphatic carbocycles. The molecular weight excluding hydrogens is 356 g/mol. The van der Waals surface area contributed by atoms with Gasteiger partial charge < -0.3 is 16.0 Å². The Kier molecular flexibility index (Phi) is 5.00. The number of fused-ring (bicyclic) bond motifs is 1. The lowest BCUT2D eigenvalue weighted by molar-refractivity contribution is 0.0954. The van der Waals surface area contributed by atoms with Crippen molar-refractivity contribution in [1.82, 2.24) is 15.3 Å². The zero-order valence-electron chi connectivity index (χ0n) is 14.7. The van der Waals surface area contributed by atoms with Crippen molar-refractivity contribution in [1.29, 1.82) is 0 Å². The molecule has 0 radical (unpaired) electrons. The van der Waals surface area contributed by atoms with Crippen LogP contribution in [0.1, 0.15) is 32.4 Å². The second kappa shape index (κ2) is 7.73. The minimum Gasteiger partial charge on any atom is -0.349 e. The van der Waals surface area contributed by atoms with Gasteiger partial charge in [0.2, 0.25) is 0 Å². The third-order valence-electron chi connectivity index (χ3n) is 4.59. The Morgan fingerprint density at radius 1 is 1.15 bits per heavy atom. The first-order valence-corrected chi connectivity index (χ1v) is 9.66. The van der Waals surface area contributed by atoms with Gasteiger partial charge in [-0.2, -0.15) is 0 Å². The normalized spacial score (nSPS) is 12.2. The van der Waals surface area contributed by atoms with Crippen molar-refractivity contribution >= 4 is 28.3 Å². The summed E-state index contributed by atoms with van der Waals surface area (Å²) in [4.78, 5) is 20.9. The van der Waals surface area contributed by atoms with E-state index in [2.05, 4.69) is 15.3 Å². The van der Waals surface area contributed by atoms with Crippen molar-refractivity contribution in [3.63, 3.8) is 0 Å². The number of aromatic amines is 1. The molecule has 1 unspecified atom stereocenters. The third kappa shape index (κ3) is 3.77. The summed E-state index contributed by atoms with van der Waals surface area (Å²) in [6.45, 7) is 0.400. The summed E-state index contributed by atoms with van der Waals surface area (Å²) in [5.41, 5.74) is 10.2. The summed E-state index contributed by atoms with van der Waals surface area (Å²) >= 11 is 1.46. The molecule has 4 N–H and O–H groups in total. The van der Waals surface area contributed by atoms with Gasteiger partial charge in [-0.15, -0.1) is 11.3 Å². The van der Waals surface area contributed by atoms with Crippen LogP contribution in [-0.4, -0.2) is 22.4 Å². The van der Waals surface area contributed by atoms with Gasteiger partial charge in [0, 0.05) is 30.4 Å². The van der Waals surface area contributed by atoms with Gasteiger partial charge in [-0.3, -0.25) is 4.79 Å². The fraction of sp³-hybridized carbons (Fsp3) is 0.143. The molecule has 27 heavy (non-hydrogen) atoms. The Hall–Kier alpha value is -2.96. The molecule has 0 spiro atoms. The number of pyridine rings is 1. The summed E-state index contributed by atoms with van der Waals surface area (Å²) in [5, 5.41) is 6.01.